The van der Waals surface area contributed by atoms with Gasteiger partial charge in [-0.25, -0.2) is 0 Å². The van der Waals surface area contributed by atoms with E-state index in [2.05, 4.69) is 49.5 Å². The van der Waals surface area contributed by atoms with Crippen LogP contribution >= 0.6 is 0 Å². The lowest BCUT2D eigenvalue weighted by Crippen LogP contribution is -2.51. The first-order valence-corrected chi connectivity index (χ1v) is 10.7. The van der Waals surface area contributed by atoms with Crippen LogP contribution in [0.3, 0.4) is 0 Å². The van der Waals surface area contributed by atoms with E-state index in [0.29, 0.717) is 18.4 Å². The predicted octanol–water partition coefficient (Wildman–Crippen LogP) is 5.40. The van der Waals surface area contributed by atoms with E-state index in [4.69, 9.17) is 4.74 Å². The van der Waals surface area contributed by atoms with Gasteiger partial charge < -0.3 is 15.2 Å². The highest BCUT2D eigenvalue weighted by molar-refractivity contribution is 6.24. The fraction of sp³-hybridized carbons (Fsp3) is 0.423. The number of amides is 1. The summed E-state index contributed by atoms with van der Waals surface area (Å²) in [4.78, 5) is 13.1. The smallest absolute Gasteiger partial charge is 0.256 e. The molecule has 0 aromatic heterocycles. The van der Waals surface area contributed by atoms with E-state index in [-0.39, 0.29) is 17.3 Å². The van der Waals surface area contributed by atoms with Gasteiger partial charge in [0.05, 0.1) is 16.7 Å². The minimum atomic E-state index is -0.677. The molecular formula is C26H31NO3. The topological polar surface area (TPSA) is 58.6 Å². The van der Waals surface area contributed by atoms with Crippen LogP contribution in [0.2, 0.25) is 0 Å². The SMILES string of the molecule is CO[C@]1(C)CC[C@]2(CC1)NC(=O)C(c1c(C)ccc(-c3ccc(C)cc3)c1C)=C2O. The molecule has 1 saturated carbocycles. The van der Waals surface area contributed by atoms with Gasteiger partial charge in [-0.15, -0.1) is 0 Å². The Bertz CT molecular complexity index is 1020. The highest BCUT2D eigenvalue weighted by atomic mass is 16.5. The lowest BCUT2D eigenvalue weighted by Gasteiger charge is -2.42. The van der Waals surface area contributed by atoms with Gasteiger partial charge in [0.2, 0.25) is 0 Å². The van der Waals surface area contributed by atoms with Crippen molar-refractivity contribution < 1.29 is 14.6 Å². The summed E-state index contributed by atoms with van der Waals surface area (Å²) >= 11 is 0. The molecule has 0 atom stereocenters. The molecule has 1 fully saturated rings. The second kappa shape index (κ2) is 7.28. The van der Waals surface area contributed by atoms with Crippen LogP contribution in [0, 0.1) is 20.8 Å². The maximum Gasteiger partial charge on any atom is 0.256 e. The van der Waals surface area contributed by atoms with Gasteiger partial charge in [-0.05, 0) is 81.2 Å². The number of benzene rings is 2. The van der Waals surface area contributed by atoms with Crippen molar-refractivity contribution in [3.63, 3.8) is 0 Å². The molecule has 2 aliphatic rings. The van der Waals surface area contributed by atoms with Crippen molar-refractivity contribution in [1.82, 2.24) is 5.32 Å². The molecule has 0 radical (unpaired) electrons. The monoisotopic (exact) mass is 405 g/mol. The summed E-state index contributed by atoms with van der Waals surface area (Å²) in [6.07, 6.45) is 2.94. The summed E-state index contributed by atoms with van der Waals surface area (Å²) in [5, 5.41) is 14.5. The molecule has 0 bridgehead atoms. The first-order valence-electron chi connectivity index (χ1n) is 10.7. The van der Waals surface area contributed by atoms with Gasteiger partial charge in [0.1, 0.15) is 5.76 Å². The zero-order chi connectivity index (χ0) is 21.7. The van der Waals surface area contributed by atoms with Gasteiger partial charge in [-0.1, -0.05) is 42.0 Å². The van der Waals surface area contributed by atoms with Crippen molar-refractivity contribution in [1.29, 1.82) is 0 Å². The Balaban J connectivity index is 1.80. The average Bonchev–Trinajstić information content (AvgIpc) is 2.96. The molecule has 1 amide bonds. The maximum absolute atomic E-state index is 13.1. The van der Waals surface area contributed by atoms with Crippen molar-refractivity contribution in [3.05, 3.63) is 64.4 Å². The third-order valence-corrected chi connectivity index (χ3v) is 7.21. The van der Waals surface area contributed by atoms with Gasteiger partial charge in [-0.2, -0.15) is 0 Å². The van der Waals surface area contributed by atoms with Crippen LogP contribution in [0.15, 0.2) is 42.2 Å². The first kappa shape index (κ1) is 20.7. The minimum Gasteiger partial charge on any atom is -0.509 e. The molecule has 1 heterocycles. The number of ether oxygens (including phenoxy) is 1. The number of hydrogen-bond acceptors (Lipinski definition) is 3. The zero-order valence-electron chi connectivity index (χ0n) is 18.6. The van der Waals surface area contributed by atoms with E-state index >= 15 is 0 Å². The Morgan fingerprint density at radius 2 is 1.60 bits per heavy atom. The van der Waals surface area contributed by atoms with Gasteiger partial charge in [-0.3, -0.25) is 4.79 Å². The van der Waals surface area contributed by atoms with Crippen molar-refractivity contribution in [2.75, 3.05) is 7.11 Å². The fourth-order valence-corrected chi connectivity index (χ4v) is 4.97. The van der Waals surface area contributed by atoms with Crippen LogP contribution in [0.25, 0.3) is 16.7 Å². The Kier molecular flexibility index (Phi) is 5.01. The summed E-state index contributed by atoms with van der Waals surface area (Å²) in [5.74, 6) is 0.0127. The Morgan fingerprint density at radius 3 is 2.20 bits per heavy atom. The second-order valence-corrected chi connectivity index (χ2v) is 9.21. The molecule has 2 aromatic carbocycles. The molecule has 1 spiro atoms. The fourth-order valence-electron chi connectivity index (χ4n) is 4.97. The van der Waals surface area contributed by atoms with E-state index in [0.717, 1.165) is 40.7 Å². The van der Waals surface area contributed by atoms with E-state index in [1.54, 1.807) is 7.11 Å². The normalized spacial score (nSPS) is 26.4. The van der Waals surface area contributed by atoms with Crippen molar-refractivity contribution >= 4 is 11.5 Å². The number of nitrogens with one attached hydrogen (secondary N) is 1. The lowest BCUT2D eigenvalue weighted by atomic mass is 9.73. The molecule has 0 unspecified atom stereocenters. The lowest BCUT2D eigenvalue weighted by molar-refractivity contribution is -0.117. The number of aliphatic hydroxyl groups excluding tert-OH is 1. The number of aryl methyl sites for hydroxylation is 2. The predicted molar refractivity (Wildman–Crippen MR) is 120 cm³/mol. The van der Waals surface area contributed by atoms with Gasteiger partial charge in [0.25, 0.3) is 5.91 Å². The summed E-state index contributed by atoms with van der Waals surface area (Å²) < 4.78 is 5.66. The van der Waals surface area contributed by atoms with Gasteiger partial charge in [0.15, 0.2) is 0 Å². The maximum atomic E-state index is 13.1. The number of carbonyl (C=O) groups excluding carboxylic acids is 1. The molecule has 4 rings (SSSR count). The van der Waals surface area contributed by atoms with E-state index < -0.39 is 5.54 Å². The molecule has 1 aliphatic heterocycles. The summed E-state index contributed by atoms with van der Waals surface area (Å²) in [6, 6.07) is 12.5. The Labute approximate surface area is 179 Å². The quantitative estimate of drug-likeness (QED) is 0.719. The van der Waals surface area contributed by atoms with Crippen LogP contribution in [-0.2, 0) is 9.53 Å². The third-order valence-electron chi connectivity index (χ3n) is 7.21. The minimum absolute atomic E-state index is 0.180. The van der Waals surface area contributed by atoms with E-state index in [1.807, 2.05) is 19.9 Å². The van der Waals surface area contributed by atoms with Gasteiger partial charge >= 0.3 is 0 Å². The van der Waals surface area contributed by atoms with Crippen molar-refractivity contribution in [3.8, 4) is 11.1 Å². The molecule has 4 heteroatoms. The zero-order valence-corrected chi connectivity index (χ0v) is 18.6. The molecule has 1 aliphatic carbocycles. The van der Waals surface area contributed by atoms with Crippen molar-refractivity contribution in [2.45, 2.75) is 64.5 Å². The van der Waals surface area contributed by atoms with Crippen LogP contribution in [0.4, 0.5) is 0 Å². The van der Waals surface area contributed by atoms with Gasteiger partial charge in [0, 0.05) is 7.11 Å². The van der Waals surface area contributed by atoms with E-state index in [1.165, 1.54) is 5.56 Å². The molecule has 30 heavy (non-hydrogen) atoms. The molecule has 2 aromatic rings. The van der Waals surface area contributed by atoms with E-state index in [9.17, 15) is 9.90 Å². The third kappa shape index (κ3) is 3.24. The molecule has 2 N–H and O–H groups in total. The van der Waals surface area contributed by atoms with Crippen LogP contribution < -0.4 is 5.32 Å². The first-order chi connectivity index (χ1) is 14.2. The summed E-state index contributed by atoms with van der Waals surface area (Å²) in [6.45, 7) is 8.21. The average molecular weight is 406 g/mol. The standard InChI is InChI=1S/C26H31NO3/c1-16-6-9-19(10-7-16)20-11-8-17(2)21(18(20)3)22-23(28)26(27-24(22)29)14-12-25(4,30-5)13-15-26/h6-11,28H,12-15H2,1-5H3,(H,27,29)/t25-,26-. The molecule has 158 valence electrons. The highest BCUT2D eigenvalue weighted by Gasteiger charge is 2.50. The Hall–Kier alpha value is -2.59. The number of aliphatic hydroxyl groups is 1. The number of rotatable bonds is 3. The summed E-state index contributed by atoms with van der Waals surface area (Å²) in [5.41, 5.74) is 5.82. The largest absolute Gasteiger partial charge is 0.509 e. The number of methoxy groups -OCH3 is 1. The van der Waals surface area contributed by atoms with Crippen LogP contribution in [-0.4, -0.2) is 29.3 Å². The summed E-state index contributed by atoms with van der Waals surface area (Å²) in [7, 11) is 1.73. The highest BCUT2D eigenvalue weighted by Crippen LogP contribution is 2.46. The molecular weight excluding hydrogens is 374 g/mol. The molecule has 0 saturated heterocycles. The number of carbonyl (C=O) groups is 1. The number of hydrogen-bond donors (Lipinski definition) is 2. The second-order valence-electron chi connectivity index (χ2n) is 9.21. The van der Waals surface area contributed by atoms with Crippen molar-refractivity contribution in [2.24, 2.45) is 0 Å². The van der Waals surface area contributed by atoms with Crippen LogP contribution in [0.1, 0.15) is 54.9 Å². The Morgan fingerprint density at radius 1 is 0.967 bits per heavy atom. The molecule has 4 nitrogen and oxygen atoms in total. The van der Waals surface area contributed by atoms with Crippen LogP contribution in [0.5, 0.6) is 0 Å².